The van der Waals surface area contributed by atoms with E-state index in [-0.39, 0.29) is 11.3 Å². The normalized spacial score (nSPS) is 18.7. The van der Waals surface area contributed by atoms with Crippen molar-refractivity contribution in [2.24, 2.45) is 4.99 Å². The number of aromatic hydroxyl groups is 1. The second kappa shape index (κ2) is 6.97. The number of aryl methyl sites for hydroxylation is 2. The van der Waals surface area contributed by atoms with Gasteiger partial charge in [0.05, 0.1) is 0 Å². The maximum atomic E-state index is 10.00. The van der Waals surface area contributed by atoms with Crippen LogP contribution < -0.4 is 10.2 Å². The first-order chi connectivity index (χ1) is 13.0. The molecule has 2 aliphatic rings. The lowest BCUT2D eigenvalue weighted by molar-refractivity contribution is 0.386. The first-order valence-electron chi connectivity index (χ1n) is 9.57. The smallest absolute Gasteiger partial charge is 0.202 e. The van der Waals surface area contributed by atoms with E-state index >= 15 is 0 Å². The summed E-state index contributed by atoms with van der Waals surface area (Å²) in [4.78, 5) is 6.96. The third-order valence-electron chi connectivity index (χ3n) is 5.76. The van der Waals surface area contributed by atoms with Crippen molar-refractivity contribution in [3.05, 3.63) is 53.6 Å². The molecule has 4 nitrogen and oxygen atoms in total. The van der Waals surface area contributed by atoms with E-state index in [9.17, 15) is 5.11 Å². The lowest BCUT2D eigenvalue weighted by Gasteiger charge is -2.43. The number of nitrogens with zero attached hydrogens (tertiary/aromatic N) is 2. The zero-order chi connectivity index (χ0) is 19.0. The predicted molar refractivity (Wildman–Crippen MR) is 116 cm³/mol. The summed E-state index contributed by atoms with van der Waals surface area (Å²) < 4.78 is 0. The maximum absolute atomic E-state index is 10.00. The molecular weight excluding hydrogens is 354 g/mol. The number of anilines is 2. The summed E-state index contributed by atoms with van der Waals surface area (Å²) in [5.74, 6) is 1.19. The van der Waals surface area contributed by atoms with Crippen LogP contribution in [0.25, 0.3) is 0 Å². The molecule has 1 aliphatic heterocycles. The van der Waals surface area contributed by atoms with E-state index in [2.05, 4.69) is 42.3 Å². The van der Waals surface area contributed by atoms with Gasteiger partial charge in [-0.15, -0.1) is 0 Å². The van der Waals surface area contributed by atoms with E-state index in [1.54, 1.807) is 12.1 Å². The van der Waals surface area contributed by atoms with Crippen LogP contribution in [0.5, 0.6) is 5.75 Å². The number of phenolic OH excluding ortho intramolecular Hbond substituents is 1. The molecule has 1 spiro atoms. The second-order valence-electron chi connectivity index (χ2n) is 7.58. The number of para-hydroxylation sites is 1. The van der Waals surface area contributed by atoms with Crippen molar-refractivity contribution in [1.82, 2.24) is 0 Å². The van der Waals surface area contributed by atoms with Crippen LogP contribution in [0.15, 0.2) is 47.5 Å². The summed E-state index contributed by atoms with van der Waals surface area (Å²) in [6, 6.07) is 13.6. The molecule has 27 heavy (non-hydrogen) atoms. The summed E-state index contributed by atoms with van der Waals surface area (Å²) in [6.07, 6.45) is 5.52. The van der Waals surface area contributed by atoms with E-state index in [0.29, 0.717) is 5.11 Å². The van der Waals surface area contributed by atoms with Crippen LogP contribution in [-0.4, -0.2) is 21.6 Å². The Balaban J connectivity index is 1.77. The van der Waals surface area contributed by atoms with E-state index in [0.717, 1.165) is 42.9 Å². The molecule has 2 aromatic carbocycles. The van der Waals surface area contributed by atoms with Crippen LogP contribution in [0.2, 0.25) is 0 Å². The molecular formula is C22H25N3OS. The van der Waals surface area contributed by atoms with Gasteiger partial charge in [-0.25, -0.2) is 4.99 Å². The molecule has 1 saturated carbocycles. The zero-order valence-corrected chi connectivity index (χ0v) is 16.6. The molecule has 1 aliphatic carbocycles. The van der Waals surface area contributed by atoms with Crippen LogP contribution in [-0.2, 0) is 0 Å². The van der Waals surface area contributed by atoms with Gasteiger partial charge in [-0.05, 0) is 62.2 Å². The Kier molecular flexibility index (Phi) is 4.64. The fourth-order valence-corrected chi connectivity index (χ4v) is 4.77. The number of hydrogen-bond acceptors (Lipinski definition) is 3. The molecule has 0 aromatic heterocycles. The number of thiocarbonyl (C=S) groups is 1. The Morgan fingerprint density at radius 3 is 2.37 bits per heavy atom. The van der Waals surface area contributed by atoms with Crippen molar-refractivity contribution < 1.29 is 5.11 Å². The molecule has 1 fully saturated rings. The quantitative estimate of drug-likeness (QED) is 0.693. The zero-order valence-electron chi connectivity index (χ0n) is 15.8. The fourth-order valence-electron chi connectivity index (χ4n) is 4.40. The van der Waals surface area contributed by atoms with Gasteiger partial charge in [-0.3, -0.25) is 0 Å². The Labute approximate surface area is 165 Å². The van der Waals surface area contributed by atoms with Gasteiger partial charge < -0.3 is 15.3 Å². The Morgan fingerprint density at radius 2 is 1.70 bits per heavy atom. The first kappa shape index (κ1) is 18.0. The van der Waals surface area contributed by atoms with Crippen molar-refractivity contribution in [2.75, 3.05) is 10.2 Å². The van der Waals surface area contributed by atoms with E-state index in [1.807, 2.05) is 12.1 Å². The van der Waals surface area contributed by atoms with Gasteiger partial charge in [-0.1, -0.05) is 43.5 Å². The van der Waals surface area contributed by atoms with Crippen LogP contribution in [0.4, 0.5) is 11.4 Å². The summed E-state index contributed by atoms with van der Waals surface area (Å²) in [7, 11) is 0. The van der Waals surface area contributed by atoms with Crippen molar-refractivity contribution in [2.45, 2.75) is 51.5 Å². The minimum atomic E-state index is -0.266. The second-order valence-corrected chi connectivity index (χ2v) is 7.95. The van der Waals surface area contributed by atoms with Gasteiger partial charge >= 0.3 is 0 Å². The molecule has 0 atom stereocenters. The highest BCUT2D eigenvalue weighted by Gasteiger charge is 2.49. The number of phenols is 1. The largest absolute Gasteiger partial charge is 0.508 e. The fraction of sp³-hybridized carbons (Fsp3) is 0.364. The molecule has 140 valence electrons. The van der Waals surface area contributed by atoms with Gasteiger partial charge in [0.2, 0.25) is 5.11 Å². The Bertz CT molecular complexity index is 895. The van der Waals surface area contributed by atoms with Gasteiger partial charge in [0.25, 0.3) is 0 Å². The van der Waals surface area contributed by atoms with Gasteiger partial charge in [-0.2, -0.15) is 0 Å². The van der Waals surface area contributed by atoms with Crippen LogP contribution in [0, 0.1) is 13.8 Å². The van der Waals surface area contributed by atoms with Crippen molar-refractivity contribution in [3.8, 4) is 5.75 Å². The average molecular weight is 380 g/mol. The Hall–Kier alpha value is -2.40. The summed E-state index contributed by atoms with van der Waals surface area (Å²) in [5.41, 5.74) is 4.15. The molecule has 1 heterocycles. The molecule has 0 amide bonds. The lowest BCUT2D eigenvalue weighted by Crippen LogP contribution is -2.55. The van der Waals surface area contributed by atoms with Crippen LogP contribution >= 0.6 is 12.2 Å². The summed E-state index contributed by atoms with van der Waals surface area (Å²) >= 11 is 5.70. The van der Waals surface area contributed by atoms with Gasteiger partial charge in [0.15, 0.2) is 0 Å². The van der Waals surface area contributed by atoms with Crippen molar-refractivity contribution >= 4 is 34.5 Å². The third kappa shape index (κ3) is 3.10. The highest BCUT2D eigenvalue weighted by molar-refractivity contribution is 7.80. The number of benzene rings is 2. The van der Waals surface area contributed by atoms with Gasteiger partial charge in [0.1, 0.15) is 17.1 Å². The number of rotatable bonds is 2. The minimum absolute atomic E-state index is 0.248. The Morgan fingerprint density at radius 1 is 1.04 bits per heavy atom. The van der Waals surface area contributed by atoms with E-state index in [4.69, 9.17) is 17.2 Å². The van der Waals surface area contributed by atoms with Gasteiger partial charge in [0, 0.05) is 17.4 Å². The highest BCUT2D eigenvalue weighted by atomic mass is 32.1. The molecule has 2 aromatic rings. The molecule has 5 heteroatoms. The van der Waals surface area contributed by atoms with E-state index < -0.39 is 0 Å². The third-order valence-corrected chi connectivity index (χ3v) is 6.03. The lowest BCUT2D eigenvalue weighted by atomic mass is 9.79. The predicted octanol–water partition coefficient (Wildman–Crippen LogP) is 5.33. The maximum Gasteiger partial charge on any atom is 0.202 e. The number of amidine groups is 1. The topological polar surface area (TPSA) is 47.9 Å². The summed E-state index contributed by atoms with van der Waals surface area (Å²) in [5, 5.41) is 14.2. The number of aliphatic imine (C=N–C) groups is 1. The molecule has 0 bridgehead atoms. The van der Waals surface area contributed by atoms with Crippen LogP contribution in [0.1, 0.15) is 43.2 Å². The first-order valence-corrected chi connectivity index (χ1v) is 9.98. The minimum Gasteiger partial charge on any atom is -0.508 e. The molecule has 0 saturated heterocycles. The van der Waals surface area contributed by atoms with Crippen LogP contribution in [0.3, 0.4) is 0 Å². The highest BCUT2D eigenvalue weighted by Crippen LogP contribution is 2.43. The average Bonchev–Trinajstić information content (AvgIpc) is 2.90. The molecule has 4 rings (SSSR count). The molecule has 0 unspecified atom stereocenters. The monoisotopic (exact) mass is 379 g/mol. The van der Waals surface area contributed by atoms with E-state index in [1.165, 1.54) is 17.5 Å². The number of hydrogen-bond donors (Lipinski definition) is 2. The van der Waals surface area contributed by atoms with Crippen molar-refractivity contribution in [3.63, 3.8) is 0 Å². The standard InChI is InChI=1S/C22H25N3OS/c1-15-8-6-9-16(2)19(15)23-20-22(12-4-3-5-13-22)25(21(27)24-20)17-10-7-11-18(26)14-17/h6-11,14,26H,3-5,12-13H2,1-2H3,(H,23,24,27). The number of nitrogens with one attached hydrogen (secondary N) is 1. The molecule has 2 N–H and O–H groups in total. The van der Waals surface area contributed by atoms with Crippen molar-refractivity contribution in [1.29, 1.82) is 0 Å². The molecule has 0 radical (unpaired) electrons. The summed E-state index contributed by atoms with van der Waals surface area (Å²) in [6.45, 7) is 4.23. The SMILES string of the molecule is Cc1cccc(C)c1NC1=NC(=S)N(c2cccc(O)c2)C12CCCCC2.